The quantitative estimate of drug-likeness (QED) is 0.491. The Balaban J connectivity index is 1.51. The molecule has 8 heteroatoms. The first-order chi connectivity index (χ1) is 15.1. The second kappa shape index (κ2) is 8.42. The Morgan fingerprint density at radius 2 is 1.72 bits per heavy atom. The number of likely N-dealkylation sites (N-methyl/N-ethyl adjacent to an activating group) is 1. The lowest BCUT2D eigenvalue weighted by molar-refractivity contribution is -0.160. The first-order valence-electron chi connectivity index (χ1n) is 10.7. The molecule has 7 nitrogen and oxygen atoms in total. The molecule has 3 atom stereocenters. The molecule has 2 saturated heterocycles. The Kier molecular flexibility index (Phi) is 5.96. The van der Waals surface area contributed by atoms with Gasteiger partial charge in [0, 0.05) is 24.8 Å². The lowest BCUT2D eigenvalue weighted by atomic mass is 9.75. The van der Waals surface area contributed by atoms with E-state index in [4.69, 9.17) is 4.18 Å². The minimum atomic E-state index is -3.92. The van der Waals surface area contributed by atoms with Gasteiger partial charge in [0.15, 0.2) is 0 Å². The number of hydrogen-bond acceptors (Lipinski definition) is 6. The zero-order chi connectivity index (χ0) is 23.1. The molecule has 2 amide bonds. The summed E-state index contributed by atoms with van der Waals surface area (Å²) < 4.78 is 30.6. The van der Waals surface area contributed by atoms with E-state index in [0.717, 1.165) is 11.1 Å². The van der Waals surface area contributed by atoms with Crippen molar-refractivity contribution in [2.45, 2.75) is 37.2 Å². The molecule has 0 aliphatic carbocycles. The Labute approximate surface area is 189 Å². The highest BCUT2D eigenvalue weighted by molar-refractivity contribution is 7.86. The maximum absolute atomic E-state index is 13.5. The van der Waals surface area contributed by atoms with Gasteiger partial charge in [-0.1, -0.05) is 48.0 Å². The molecule has 0 unspecified atom stereocenters. The lowest BCUT2D eigenvalue weighted by Gasteiger charge is -2.44. The molecule has 4 rings (SSSR count). The molecule has 2 heterocycles. The van der Waals surface area contributed by atoms with E-state index in [1.54, 1.807) is 12.1 Å². The van der Waals surface area contributed by atoms with Crippen LogP contribution < -0.4 is 0 Å². The summed E-state index contributed by atoms with van der Waals surface area (Å²) in [7, 11) is -2.07. The monoisotopic (exact) mass is 456 g/mol. The van der Waals surface area contributed by atoms with Crippen LogP contribution in [-0.4, -0.2) is 55.8 Å². The Morgan fingerprint density at radius 3 is 2.38 bits per heavy atom. The zero-order valence-corrected chi connectivity index (χ0v) is 19.3. The molecule has 0 bridgehead atoms. The van der Waals surface area contributed by atoms with Crippen molar-refractivity contribution in [3.8, 4) is 0 Å². The summed E-state index contributed by atoms with van der Waals surface area (Å²) in [6, 6.07) is 15.9. The summed E-state index contributed by atoms with van der Waals surface area (Å²) >= 11 is 0. The normalized spacial score (nSPS) is 26.4. The van der Waals surface area contributed by atoms with Crippen molar-refractivity contribution < 1.29 is 22.2 Å². The third-order valence-electron chi connectivity index (χ3n) is 6.90. The highest BCUT2D eigenvalue weighted by Crippen LogP contribution is 2.45. The summed E-state index contributed by atoms with van der Waals surface area (Å²) in [5.41, 5.74) is 0.960. The van der Waals surface area contributed by atoms with Gasteiger partial charge >= 0.3 is 0 Å². The van der Waals surface area contributed by atoms with Crippen LogP contribution in [0.5, 0.6) is 0 Å². The van der Waals surface area contributed by atoms with Gasteiger partial charge < -0.3 is 0 Å². The van der Waals surface area contributed by atoms with E-state index >= 15 is 0 Å². The molecule has 2 aliphatic rings. The molecule has 0 N–H and O–H groups in total. The number of likely N-dealkylation sites (tertiary alicyclic amines) is 2. The smallest absolute Gasteiger partial charge is 0.292 e. The highest BCUT2D eigenvalue weighted by Gasteiger charge is 2.59. The average Bonchev–Trinajstić information content (AvgIpc) is 3.02. The van der Waals surface area contributed by atoms with Crippen LogP contribution in [0.4, 0.5) is 0 Å². The number of carbonyl (C=O) groups is 2. The Morgan fingerprint density at radius 1 is 1.06 bits per heavy atom. The number of nitrogens with zero attached hydrogens (tertiary/aromatic N) is 2. The van der Waals surface area contributed by atoms with Crippen molar-refractivity contribution in [1.29, 1.82) is 0 Å². The molecule has 0 aromatic heterocycles. The van der Waals surface area contributed by atoms with Crippen LogP contribution in [0, 0.1) is 18.8 Å². The van der Waals surface area contributed by atoms with E-state index in [-0.39, 0.29) is 48.1 Å². The summed E-state index contributed by atoms with van der Waals surface area (Å²) in [5, 5.41) is 0. The molecule has 170 valence electrons. The number of imide groups is 1. The molecule has 0 spiro atoms. The predicted molar refractivity (Wildman–Crippen MR) is 119 cm³/mol. The van der Waals surface area contributed by atoms with Crippen LogP contribution >= 0.6 is 0 Å². The van der Waals surface area contributed by atoms with Crippen molar-refractivity contribution in [2.24, 2.45) is 11.8 Å². The third kappa shape index (κ3) is 3.98. The van der Waals surface area contributed by atoms with Gasteiger partial charge in [-0.2, -0.15) is 8.42 Å². The van der Waals surface area contributed by atoms with Crippen LogP contribution in [0.3, 0.4) is 0 Å². The van der Waals surface area contributed by atoms with Crippen LogP contribution in [-0.2, 0) is 30.4 Å². The number of carbonyl (C=O) groups excluding carboxylic acids is 2. The van der Waals surface area contributed by atoms with Crippen LogP contribution in [0.15, 0.2) is 59.5 Å². The van der Waals surface area contributed by atoms with Gasteiger partial charge in [-0.15, -0.1) is 0 Å². The maximum atomic E-state index is 13.5. The topological polar surface area (TPSA) is 84.0 Å². The van der Waals surface area contributed by atoms with Gasteiger partial charge in [0.25, 0.3) is 10.1 Å². The maximum Gasteiger partial charge on any atom is 0.296 e. The number of amides is 2. The van der Waals surface area contributed by atoms with Crippen molar-refractivity contribution in [2.75, 3.05) is 20.2 Å². The molecule has 2 fully saturated rings. The van der Waals surface area contributed by atoms with Crippen LogP contribution in [0.1, 0.15) is 24.5 Å². The number of piperidine rings is 1. The SMILES string of the molecule is Cc1ccc(S(=O)(=O)OC[C@H]2CN(C)[C@]3(C)C(=O)N(Cc4ccccc4)C(=O)C[C@H]23)cc1. The fraction of sp³-hybridized carbons (Fsp3) is 0.417. The fourth-order valence-corrected chi connectivity index (χ4v) is 5.79. The molecule has 2 aromatic rings. The molecule has 0 saturated carbocycles. The first-order valence-corrected chi connectivity index (χ1v) is 12.1. The number of aryl methyl sites for hydroxylation is 1. The predicted octanol–water partition coefficient (Wildman–Crippen LogP) is 2.60. The molecular formula is C24H28N2O5S. The van der Waals surface area contributed by atoms with Gasteiger partial charge in [-0.25, -0.2) is 0 Å². The lowest BCUT2D eigenvalue weighted by Crippen LogP contribution is -2.62. The number of rotatable bonds is 6. The summed E-state index contributed by atoms with van der Waals surface area (Å²) in [4.78, 5) is 29.7. The minimum Gasteiger partial charge on any atom is -0.292 e. The van der Waals surface area contributed by atoms with E-state index in [1.165, 1.54) is 17.0 Å². The van der Waals surface area contributed by atoms with E-state index in [9.17, 15) is 18.0 Å². The average molecular weight is 457 g/mol. The number of fused-ring (bicyclic) bond motifs is 1. The zero-order valence-electron chi connectivity index (χ0n) is 18.5. The van der Waals surface area contributed by atoms with E-state index in [2.05, 4.69) is 0 Å². The van der Waals surface area contributed by atoms with Gasteiger partial charge in [-0.05, 0) is 38.6 Å². The van der Waals surface area contributed by atoms with Crippen molar-refractivity contribution in [1.82, 2.24) is 9.80 Å². The second-order valence-corrected chi connectivity index (χ2v) is 10.5. The third-order valence-corrected chi connectivity index (χ3v) is 8.19. The van der Waals surface area contributed by atoms with Crippen molar-refractivity contribution >= 4 is 21.9 Å². The van der Waals surface area contributed by atoms with E-state index < -0.39 is 15.7 Å². The van der Waals surface area contributed by atoms with Crippen molar-refractivity contribution in [3.05, 3.63) is 65.7 Å². The minimum absolute atomic E-state index is 0.0694. The van der Waals surface area contributed by atoms with Crippen LogP contribution in [0.2, 0.25) is 0 Å². The summed E-state index contributed by atoms with van der Waals surface area (Å²) in [6.45, 7) is 4.37. The molecule has 2 aromatic carbocycles. The Hall–Kier alpha value is -2.55. The molecule has 2 aliphatic heterocycles. The molecule has 32 heavy (non-hydrogen) atoms. The van der Waals surface area contributed by atoms with Crippen molar-refractivity contribution in [3.63, 3.8) is 0 Å². The van der Waals surface area contributed by atoms with Crippen LogP contribution in [0.25, 0.3) is 0 Å². The summed E-state index contributed by atoms with van der Waals surface area (Å²) in [6.07, 6.45) is 0.179. The molecule has 0 radical (unpaired) electrons. The summed E-state index contributed by atoms with van der Waals surface area (Å²) in [5.74, 6) is -1.04. The van der Waals surface area contributed by atoms with Gasteiger partial charge in [0.05, 0.1) is 18.0 Å². The molecular weight excluding hydrogens is 428 g/mol. The second-order valence-electron chi connectivity index (χ2n) is 8.92. The van der Waals surface area contributed by atoms with Gasteiger partial charge in [0.1, 0.15) is 5.54 Å². The fourth-order valence-electron chi connectivity index (χ4n) is 4.83. The van der Waals surface area contributed by atoms with E-state index in [0.29, 0.717) is 6.54 Å². The van der Waals surface area contributed by atoms with Gasteiger partial charge in [-0.3, -0.25) is 23.6 Å². The number of hydrogen-bond donors (Lipinski definition) is 0. The number of benzene rings is 2. The standard InChI is InChI=1S/C24H28N2O5S/c1-17-9-11-20(12-10-17)32(29,30)31-16-19-15-25(3)24(2)21(19)13-22(27)26(23(24)28)14-18-7-5-4-6-8-18/h4-12,19,21H,13-16H2,1-3H3/t19-,21-,24+/m1/s1. The first kappa shape index (κ1) is 22.6. The highest BCUT2D eigenvalue weighted by atomic mass is 32.2. The Bertz CT molecular complexity index is 1120. The largest absolute Gasteiger partial charge is 0.296 e. The van der Waals surface area contributed by atoms with Gasteiger partial charge in [0.2, 0.25) is 11.8 Å². The van der Waals surface area contributed by atoms with E-state index in [1.807, 2.05) is 56.1 Å².